The van der Waals surface area contributed by atoms with Crippen LogP contribution in [0.4, 0.5) is 33.5 Å². The number of anilines is 2. The molecule has 2 aromatic heterocycles. The third kappa shape index (κ3) is 7.06. The Morgan fingerprint density at radius 2 is 1.94 bits per heavy atom. The molecule has 6 heterocycles. The number of rotatable bonds is 4. The van der Waals surface area contributed by atoms with Gasteiger partial charge in [-0.05, 0) is 60.3 Å². The lowest BCUT2D eigenvalue weighted by atomic mass is 9.94. The second-order valence-corrected chi connectivity index (χ2v) is 13.6. The molecule has 4 aliphatic heterocycles. The van der Waals surface area contributed by atoms with Crippen molar-refractivity contribution in [3.63, 3.8) is 0 Å². The number of hydrogen-bond donors (Lipinski definition) is 1. The van der Waals surface area contributed by atoms with E-state index >= 15 is 0 Å². The number of carbonyl (C=O) groups is 1. The first-order chi connectivity index (χ1) is 23.3. The summed E-state index contributed by atoms with van der Waals surface area (Å²) in [6, 6.07) is 2.27. The van der Waals surface area contributed by atoms with Crippen LogP contribution in [-0.2, 0) is 37.0 Å². The summed E-state index contributed by atoms with van der Waals surface area (Å²) < 4.78 is 82.4. The molecule has 2 saturated heterocycles. The number of halogens is 6. The molecule has 49 heavy (non-hydrogen) atoms. The molecular formula is C32H38BrF5N8O3. The summed E-state index contributed by atoms with van der Waals surface area (Å²) in [6.07, 6.45) is -2.75. The van der Waals surface area contributed by atoms with Gasteiger partial charge in [0, 0.05) is 57.3 Å². The van der Waals surface area contributed by atoms with Crippen molar-refractivity contribution in [3.05, 3.63) is 56.2 Å². The highest BCUT2D eigenvalue weighted by molar-refractivity contribution is 9.10. The Kier molecular flexibility index (Phi) is 10.1. The maximum Gasteiger partial charge on any atom is 0.416 e. The summed E-state index contributed by atoms with van der Waals surface area (Å²) in [6.45, 7) is 3.14. The van der Waals surface area contributed by atoms with E-state index in [1.165, 1.54) is 24.9 Å². The number of nitrogen functional groups attached to an aromatic ring is 1. The molecule has 2 fully saturated rings. The minimum Gasteiger partial charge on any atom is -0.467 e. The van der Waals surface area contributed by atoms with Crippen molar-refractivity contribution in [3.8, 4) is 6.01 Å². The van der Waals surface area contributed by atoms with E-state index in [1.807, 2.05) is 4.90 Å². The number of hydrogen-bond acceptors (Lipinski definition) is 9. The maximum atomic E-state index is 15.0. The van der Waals surface area contributed by atoms with Crippen molar-refractivity contribution in [1.29, 1.82) is 0 Å². The molecule has 3 atom stereocenters. The predicted octanol–water partition coefficient (Wildman–Crippen LogP) is 5.30. The minimum absolute atomic E-state index is 0.0128. The third-order valence-corrected chi connectivity index (χ3v) is 10.2. The predicted molar refractivity (Wildman–Crippen MR) is 173 cm³/mol. The number of nitrogens with zero attached hydrogens (tertiary/aromatic N) is 7. The Balaban J connectivity index is 0.000000396. The molecule has 0 radical (unpaired) electrons. The molecule has 0 aliphatic carbocycles. The monoisotopic (exact) mass is 756 g/mol. The first-order valence-corrected chi connectivity index (χ1v) is 16.9. The Labute approximate surface area is 288 Å². The standard InChI is InChI=1S/C25H26BrF4N7O3.C7H12FN/c1-35(2)23(38)21-19(26)16-10-36(7-4-8-37(16)34-21)22-12-11-40-17(9-15(12)32-24(33-22)39-3)18-13(25(28,29)30)5-6-14(31)20(18)27;8-6-4-7-2-1-3-9(7)5-6/h5-6,17H,4,7-11,31H2,1-3H3;6-7H,1-5H2. The van der Waals surface area contributed by atoms with Gasteiger partial charge >= 0.3 is 12.2 Å². The average molecular weight is 758 g/mol. The summed E-state index contributed by atoms with van der Waals surface area (Å²) in [5, 5.41) is 4.50. The largest absolute Gasteiger partial charge is 0.467 e. The van der Waals surface area contributed by atoms with Gasteiger partial charge in [0.1, 0.15) is 12.0 Å². The van der Waals surface area contributed by atoms with Crippen molar-refractivity contribution >= 4 is 33.3 Å². The molecule has 11 nitrogen and oxygen atoms in total. The van der Waals surface area contributed by atoms with Crippen molar-refractivity contribution in [1.82, 2.24) is 29.5 Å². The van der Waals surface area contributed by atoms with Crippen LogP contribution < -0.4 is 15.4 Å². The zero-order valence-corrected chi connectivity index (χ0v) is 29.0. The molecule has 3 aromatic rings. The number of fused-ring (bicyclic) bond motifs is 3. The molecule has 0 spiro atoms. The second kappa shape index (κ2) is 14.0. The zero-order chi connectivity index (χ0) is 35.2. The van der Waals surface area contributed by atoms with Crippen molar-refractivity contribution in [2.75, 3.05) is 51.5 Å². The number of methoxy groups -OCH3 is 1. The fourth-order valence-electron chi connectivity index (χ4n) is 6.98. The number of amides is 1. The Morgan fingerprint density at radius 3 is 2.63 bits per heavy atom. The molecule has 0 saturated carbocycles. The average Bonchev–Trinajstić information content (AvgIpc) is 3.68. The Hall–Kier alpha value is -3.57. The molecule has 0 bridgehead atoms. The fourth-order valence-corrected chi connectivity index (χ4v) is 7.56. The van der Waals surface area contributed by atoms with Gasteiger partial charge in [-0.3, -0.25) is 14.4 Å². The highest BCUT2D eigenvalue weighted by Gasteiger charge is 2.40. The number of carbonyl (C=O) groups excluding carboxylic acids is 1. The molecule has 2 N–H and O–H groups in total. The van der Waals surface area contributed by atoms with Gasteiger partial charge in [0.25, 0.3) is 5.91 Å². The molecule has 1 amide bonds. The van der Waals surface area contributed by atoms with E-state index in [9.17, 15) is 26.7 Å². The van der Waals surface area contributed by atoms with Gasteiger partial charge in [-0.15, -0.1) is 0 Å². The van der Waals surface area contributed by atoms with Crippen molar-refractivity contribution < 1.29 is 36.2 Å². The first kappa shape index (κ1) is 35.3. The van der Waals surface area contributed by atoms with Crippen LogP contribution in [0.25, 0.3) is 0 Å². The van der Waals surface area contributed by atoms with E-state index in [-0.39, 0.29) is 24.9 Å². The normalized spacial score (nSPS) is 22.1. The Bertz CT molecular complexity index is 1710. The van der Waals surface area contributed by atoms with E-state index in [1.54, 1.807) is 18.8 Å². The van der Waals surface area contributed by atoms with Crippen molar-refractivity contribution in [2.24, 2.45) is 0 Å². The van der Waals surface area contributed by atoms with Crippen LogP contribution in [0.5, 0.6) is 6.01 Å². The van der Waals surface area contributed by atoms with Gasteiger partial charge in [0.2, 0.25) is 0 Å². The van der Waals surface area contributed by atoms with Gasteiger partial charge in [0.15, 0.2) is 11.5 Å². The molecule has 1 aromatic carbocycles. The van der Waals surface area contributed by atoms with Gasteiger partial charge in [-0.25, -0.2) is 8.78 Å². The van der Waals surface area contributed by atoms with Gasteiger partial charge < -0.3 is 25.0 Å². The molecule has 7 rings (SSSR count). The summed E-state index contributed by atoms with van der Waals surface area (Å²) in [4.78, 5) is 27.2. The van der Waals surface area contributed by atoms with Crippen LogP contribution in [0.1, 0.15) is 70.4 Å². The molecule has 266 valence electrons. The van der Waals surface area contributed by atoms with Crippen LogP contribution in [0.2, 0.25) is 0 Å². The quantitative estimate of drug-likeness (QED) is 0.280. The number of benzene rings is 1. The molecular weight excluding hydrogens is 719 g/mol. The summed E-state index contributed by atoms with van der Waals surface area (Å²) >= 11 is 3.54. The van der Waals surface area contributed by atoms with E-state index in [2.05, 4.69) is 35.9 Å². The van der Waals surface area contributed by atoms with Crippen molar-refractivity contribution in [2.45, 2.75) is 76.3 Å². The van der Waals surface area contributed by atoms with Gasteiger partial charge in [0.05, 0.1) is 53.5 Å². The number of aromatic nitrogens is 4. The van der Waals surface area contributed by atoms with Crippen LogP contribution in [0.15, 0.2) is 16.6 Å². The minimum atomic E-state index is -4.81. The summed E-state index contributed by atoms with van der Waals surface area (Å²) in [5.41, 5.74) is 5.41. The first-order valence-electron chi connectivity index (χ1n) is 16.1. The van der Waals surface area contributed by atoms with E-state index in [0.717, 1.165) is 30.8 Å². The smallest absolute Gasteiger partial charge is 0.416 e. The fraction of sp³-hybridized carbons (Fsp3) is 0.562. The highest BCUT2D eigenvalue weighted by atomic mass is 79.9. The SMILES string of the molecule is COc1nc2c(c(N3CCCn4nc(C(=O)N(C)C)c(Br)c4C3)n1)COC(c1c(C(F)(F)F)ccc(N)c1F)C2.FC1CC2CCCN2C1. The number of alkyl halides is 4. The lowest BCUT2D eigenvalue weighted by Crippen LogP contribution is -2.29. The Morgan fingerprint density at radius 1 is 1.16 bits per heavy atom. The van der Waals surface area contributed by atoms with E-state index in [4.69, 9.17) is 15.2 Å². The topological polar surface area (TPSA) is 115 Å². The van der Waals surface area contributed by atoms with E-state index < -0.39 is 41.1 Å². The third-order valence-electron chi connectivity index (χ3n) is 9.38. The van der Waals surface area contributed by atoms with Crippen LogP contribution >= 0.6 is 15.9 Å². The van der Waals surface area contributed by atoms with E-state index in [0.29, 0.717) is 65.9 Å². The summed E-state index contributed by atoms with van der Waals surface area (Å²) in [7, 11) is 4.67. The maximum absolute atomic E-state index is 15.0. The highest BCUT2D eigenvalue weighted by Crippen LogP contribution is 2.43. The lowest BCUT2D eigenvalue weighted by Gasteiger charge is -2.31. The van der Waals surface area contributed by atoms with Gasteiger partial charge in [-0.1, -0.05) is 0 Å². The molecule has 4 aliphatic rings. The second-order valence-electron chi connectivity index (χ2n) is 12.8. The van der Waals surface area contributed by atoms with Gasteiger partial charge in [-0.2, -0.15) is 28.2 Å². The summed E-state index contributed by atoms with van der Waals surface area (Å²) in [5.74, 6) is -0.934. The van der Waals surface area contributed by atoms with Crippen LogP contribution in [0.3, 0.4) is 0 Å². The number of nitrogens with two attached hydrogens (primary N) is 1. The number of ether oxygens (including phenoxy) is 2. The number of aryl methyl sites for hydroxylation is 1. The molecule has 3 unspecified atom stereocenters. The molecule has 17 heteroatoms. The van der Waals surface area contributed by atoms with Crippen LogP contribution in [0, 0.1) is 5.82 Å². The van der Waals surface area contributed by atoms with Crippen LogP contribution in [-0.4, -0.2) is 88.5 Å². The lowest BCUT2D eigenvalue weighted by molar-refractivity contribution is -0.140. The zero-order valence-electron chi connectivity index (χ0n) is 27.4.